The number of nitrogens with zero attached hydrogens (tertiary/aromatic N) is 2. The van der Waals surface area contributed by atoms with Gasteiger partial charge in [-0.1, -0.05) is 11.6 Å². The number of fused-ring (bicyclic) bond motifs is 1. The number of carboxylic acids is 1. The van der Waals surface area contributed by atoms with Crippen LogP contribution in [0.5, 0.6) is 0 Å². The molecule has 0 saturated heterocycles. The highest BCUT2D eigenvalue weighted by Crippen LogP contribution is 2.32. The lowest BCUT2D eigenvalue weighted by atomic mass is 10.1. The Bertz CT molecular complexity index is 786. The van der Waals surface area contributed by atoms with E-state index in [0.29, 0.717) is 16.4 Å². The van der Waals surface area contributed by atoms with E-state index in [9.17, 15) is 14.4 Å². The second-order valence-electron chi connectivity index (χ2n) is 4.33. The molecule has 3 rings (SSSR count). The first-order valence-electron chi connectivity index (χ1n) is 5.81. The van der Waals surface area contributed by atoms with E-state index in [1.165, 1.54) is 11.0 Å². The molecule has 0 aliphatic carbocycles. The minimum atomic E-state index is -1.12. The SMILES string of the molecule is O=C(O)c1nc(CN2C(=O)C(=O)c3cc(Cl)ccc32)cs1. The number of carboxylic acid groups (broad SMARTS) is 1. The van der Waals surface area contributed by atoms with Crippen molar-refractivity contribution in [2.75, 3.05) is 4.90 Å². The third-order valence-corrected chi connectivity index (χ3v) is 4.10. The van der Waals surface area contributed by atoms with Gasteiger partial charge < -0.3 is 5.11 Å². The molecule has 2 aromatic rings. The summed E-state index contributed by atoms with van der Waals surface area (Å²) in [4.78, 5) is 39.9. The summed E-state index contributed by atoms with van der Waals surface area (Å²) in [6.07, 6.45) is 0. The number of aromatic nitrogens is 1. The first-order valence-corrected chi connectivity index (χ1v) is 7.06. The number of amides is 1. The van der Waals surface area contributed by atoms with Gasteiger partial charge in [-0.05, 0) is 18.2 Å². The van der Waals surface area contributed by atoms with Crippen molar-refractivity contribution in [3.8, 4) is 0 Å². The van der Waals surface area contributed by atoms with Crippen LogP contribution in [0.3, 0.4) is 0 Å². The van der Waals surface area contributed by atoms with Gasteiger partial charge in [-0.3, -0.25) is 14.5 Å². The van der Waals surface area contributed by atoms with Gasteiger partial charge in [0.2, 0.25) is 5.01 Å². The second-order valence-corrected chi connectivity index (χ2v) is 5.63. The predicted molar refractivity (Wildman–Crippen MR) is 76.0 cm³/mol. The number of benzene rings is 1. The van der Waals surface area contributed by atoms with Crippen molar-refractivity contribution in [2.24, 2.45) is 0 Å². The lowest BCUT2D eigenvalue weighted by molar-refractivity contribution is -0.114. The fourth-order valence-electron chi connectivity index (χ4n) is 2.07. The minimum absolute atomic E-state index is 0.0446. The Balaban J connectivity index is 1.94. The average Bonchev–Trinajstić information content (AvgIpc) is 2.99. The highest BCUT2D eigenvalue weighted by molar-refractivity contribution is 7.11. The van der Waals surface area contributed by atoms with Crippen molar-refractivity contribution in [3.05, 3.63) is 44.9 Å². The van der Waals surface area contributed by atoms with Crippen molar-refractivity contribution in [2.45, 2.75) is 6.54 Å². The summed E-state index contributed by atoms with van der Waals surface area (Å²) in [7, 11) is 0. The monoisotopic (exact) mass is 322 g/mol. The quantitative estimate of drug-likeness (QED) is 0.875. The lowest BCUT2D eigenvalue weighted by Crippen LogP contribution is -2.29. The number of thiazole rings is 1. The molecule has 21 heavy (non-hydrogen) atoms. The molecule has 1 amide bonds. The van der Waals surface area contributed by atoms with Crippen LogP contribution in [0.15, 0.2) is 23.6 Å². The van der Waals surface area contributed by atoms with Crippen LogP contribution < -0.4 is 4.90 Å². The van der Waals surface area contributed by atoms with Crippen LogP contribution >= 0.6 is 22.9 Å². The average molecular weight is 323 g/mol. The summed E-state index contributed by atoms with van der Waals surface area (Å²) in [6.45, 7) is 0.0446. The maximum Gasteiger partial charge on any atom is 0.365 e. The fourth-order valence-corrected chi connectivity index (χ4v) is 2.89. The Hall–Kier alpha value is -2.25. The van der Waals surface area contributed by atoms with E-state index in [0.717, 1.165) is 11.3 Å². The number of carbonyl (C=O) groups is 3. The van der Waals surface area contributed by atoms with Crippen molar-refractivity contribution in [1.82, 2.24) is 4.98 Å². The Morgan fingerprint density at radius 2 is 2.14 bits per heavy atom. The molecule has 6 nitrogen and oxygen atoms in total. The van der Waals surface area contributed by atoms with E-state index in [4.69, 9.17) is 16.7 Å². The van der Waals surface area contributed by atoms with Crippen LogP contribution in [0.2, 0.25) is 5.02 Å². The predicted octanol–water partition coefficient (Wildman–Crippen LogP) is 2.22. The molecule has 1 aliphatic rings. The van der Waals surface area contributed by atoms with Gasteiger partial charge in [0.1, 0.15) is 0 Å². The van der Waals surface area contributed by atoms with Crippen molar-refractivity contribution in [3.63, 3.8) is 0 Å². The largest absolute Gasteiger partial charge is 0.476 e. The zero-order chi connectivity index (χ0) is 15.1. The summed E-state index contributed by atoms with van der Waals surface area (Å²) < 4.78 is 0. The van der Waals surface area contributed by atoms with Crippen molar-refractivity contribution >= 4 is 46.3 Å². The molecule has 0 saturated carbocycles. The molecule has 8 heteroatoms. The zero-order valence-electron chi connectivity index (χ0n) is 10.4. The number of Topliss-reactive ketones (excluding diaryl/α,β-unsaturated/α-hetero) is 1. The molecule has 0 fully saturated rings. The maximum atomic E-state index is 12.0. The topological polar surface area (TPSA) is 87.6 Å². The first kappa shape index (κ1) is 13.7. The molecule has 0 atom stereocenters. The third-order valence-electron chi connectivity index (χ3n) is 2.99. The van der Waals surface area contributed by atoms with Gasteiger partial charge in [0.25, 0.3) is 11.7 Å². The maximum absolute atomic E-state index is 12.0. The number of carbonyl (C=O) groups excluding carboxylic acids is 2. The molecule has 106 valence electrons. The van der Waals surface area contributed by atoms with Gasteiger partial charge in [-0.15, -0.1) is 11.3 Å². The molecule has 1 aromatic heterocycles. The van der Waals surface area contributed by atoms with Crippen LogP contribution in [-0.2, 0) is 11.3 Å². The van der Waals surface area contributed by atoms with Crippen LogP contribution in [0.4, 0.5) is 5.69 Å². The Labute approximate surface area is 127 Å². The Morgan fingerprint density at radius 3 is 2.81 bits per heavy atom. The van der Waals surface area contributed by atoms with Gasteiger partial charge in [-0.25, -0.2) is 9.78 Å². The number of halogens is 1. The summed E-state index contributed by atoms with van der Waals surface area (Å²) in [5.74, 6) is -2.42. The molecule has 0 bridgehead atoms. The Morgan fingerprint density at radius 1 is 1.38 bits per heavy atom. The summed E-state index contributed by atoms with van der Waals surface area (Å²) in [5, 5.41) is 10.7. The number of hydrogen-bond donors (Lipinski definition) is 1. The lowest BCUT2D eigenvalue weighted by Gasteiger charge is -2.14. The molecular weight excluding hydrogens is 316 g/mol. The first-order chi connectivity index (χ1) is 9.97. The molecule has 1 aliphatic heterocycles. The molecule has 0 spiro atoms. The number of ketones is 1. The summed E-state index contributed by atoms with van der Waals surface area (Å²) >= 11 is 6.80. The van der Waals surface area contributed by atoms with E-state index < -0.39 is 17.7 Å². The van der Waals surface area contributed by atoms with Crippen LogP contribution in [0.1, 0.15) is 25.9 Å². The van der Waals surface area contributed by atoms with Crippen molar-refractivity contribution < 1.29 is 19.5 Å². The van der Waals surface area contributed by atoms with E-state index in [1.54, 1.807) is 17.5 Å². The molecule has 1 N–H and O–H groups in total. The van der Waals surface area contributed by atoms with Gasteiger partial charge in [-0.2, -0.15) is 0 Å². The second kappa shape index (κ2) is 4.94. The van der Waals surface area contributed by atoms with Crippen LogP contribution in [-0.4, -0.2) is 27.8 Å². The molecule has 0 unspecified atom stereocenters. The third kappa shape index (κ3) is 2.30. The van der Waals surface area contributed by atoms with E-state index >= 15 is 0 Å². The summed E-state index contributed by atoms with van der Waals surface area (Å²) in [6, 6.07) is 4.62. The van der Waals surface area contributed by atoms with Crippen LogP contribution in [0, 0.1) is 0 Å². The molecule has 0 radical (unpaired) electrons. The summed E-state index contributed by atoms with van der Waals surface area (Å²) in [5.41, 5.74) is 1.13. The molecule has 2 heterocycles. The number of rotatable bonds is 3. The van der Waals surface area contributed by atoms with Gasteiger partial charge >= 0.3 is 5.97 Å². The Kier molecular flexibility index (Phi) is 3.23. The minimum Gasteiger partial charge on any atom is -0.476 e. The molecule has 1 aromatic carbocycles. The van der Waals surface area contributed by atoms with E-state index in [1.807, 2.05) is 0 Å². The van der Waals surface area contributed by atoms with Gasteiger partial charge in [0, 0.05) is 10.4 Å². The standard InChI is InChI=1S/C13H7ClN2O4S/c14-6-1-2-9-8(3-6)10(17)12(18)16(9)4-7-5-21-11(15-7)13(19)20/h1-3,5H,4H2,(H,19,20). The van der Waals surface area contributed by atoms with Gasteiger partial charge in [0.15, 0.2) is 0 Å². The number of hydrogen-bond acceptors (Lipinski definition) is 5. The fraction of sp³-hybridized carbons (Fsp3) is 0.0769. The number of aromatic carboxylic acids is 1. The van der Waals surface area contributed by atoms with E-state index in [-0.39, 0.29) is 17.1 Å². The highest BCUT2D eigenvalue weighted by Gasteiger charge is 2.36. The number of anilines is 1. The van der Waals surface area contributed by atoms with E-state index in [2.05, 4.69) is 4.98 Å². The van der Waals surface area contributed by atoms with Gasteiger partial charge in [0.05, 0.1) is 23.5 Å². The smallest absolute Gasteiger partial charge is 0.365 e. The molecular formula is C13H7ClN2O4S. The highest BCUT2D eigenvalue weighted by atomic mass is 35.5. The zero-order valence-corrected chi connectivity index (χ0v) is 11.9. The van der Waals surface area contributed by atoms with Crippen LogP contribution in [0.25, 0.3) is 0 Å². The van der Waals surface area contributed by atoms with Crippen molar-refractivity contribution in [1.29, 1.82) is 0 Å². The normalized spacial score (nSPS) is 13.7.